The Morgan fingerprint density at radius 2 is 1.80 bits per heavy atom. The van der Waals surface area contributed by atoms with Crippen LogP contribution in [0.15, 0.2) is 30.3 Å². The minimum atomic E-state index is -0.845. The lowest BCUT2D eigenvalue weighted by molar-refractivity contribution is -0.385. The number of imide groups is 1. The van der Waals surface area contributed by atoms with E-state index in [0.29, 0.717) is 37.2 Å². The highest BCUT2D eigenvalue weighted by Gasteiger charge is 2.46. The van der Waals surface area contributed by atoms with Gasteiger partial charge in [-0.1, -0.05) is 12.1 Å². The zero-order valence-corrected chi connectivity index (χ0v) is 19.3. The molecule has 10 heteroatoms. The summed E-state index contributed by atoms with van der Waals surface area (Å²) in [6, 6.07) is 7.65. The monoisotopic (exact) mass is 477 g/mol. The standard InChI is InChI=1S/C25H23N3O7/c1-14-10-15(2)21-18(29)12-25(35-19(21)11-14)6-8-26(9-7-25)20(30)13-27-23(31)16-4-3-5-17(28(33)34)22(16)24(27)32/h3-5,10-11H,6-9,12-13H2,1-2H3. The summed E-state index contributed by atoms with van der Waals surface area (Å²) < 4.78 is 6.32. The van der Waals surface area contributed by atoms with Crippen molar-refractivity contribution in [3.05, 3.63) is 68.3 Å². The number of ether oxygens (including phenoxy) is 1. The Balaban J connectivity index is 1.28. The number of fused-ring (bicyclic) bond motifs is 2. The molecular formula is C25H23N3O7. The van der Waals surface area contributed by atoms with Crippen LogP contribution in [0, 0.1) is 24.0 Å². The highest BCUT2D eigenvalue weighted by molar-refractivity contribution is 6.24. The molecule has 2 aromatic carbocycles. The number of nitro benzene ring substituents is 1. The molecule has 10 nitrogen and oxygen atoms in total. The Kier molecular flexibility index (Phi) is 5.19. The third kappa shape index (κ3) is 3.65. The summed E-state index contributed by atoms with van der Waals surface area (Å²) in [5.41, 5.74) is 0.977. The van der Waals surface area contributed by atoms with Crippen LogP contribution in [-0.4, -0.2) is 63.5 Å². The highest BCUT2D eigenvalue weighted by atomic mass is 16.6. The van der Waals surface area contributed by atoms with Crippen LogP contribution >= 0.6 is 0 Å². The topological polar surface area (TPSA) is 127 Å². The van der Waals surface area contributed by atoms with Crippen LogP contribution < -0.4 is 4.74 Å². The highest BCUT2D eigenvalue weighted by Crippen LogP contribution is 2.41. The van der Waals surface area contributed by atoms with E-state index < -0.39 is 40.5 Å². The van der Waals surface area contributed by atoms with E-state index >= 15 is 0 Å². The first-order valence-corrected chi connectivity index (χ1v) is 11.3. The Bertz CT molecular complexity index is 1320. The molecule has 3 aliphatic heterocycles. The maximum Gasteiger partial charge on any atom is 0.282 e. The number of nitro groups is 1. The molecule has 0 N–H and O–H groups in total. The summed E-state index contributed by atoms with van der Waals surface area (Å²) >= 11 is 0. The number of carbonyl (C=O) groups excluding carboxylic acids is 4. The summed E-state index contributed by atoms with van der Waals surface area (Å²) in [7, 11) is 0. The molecule has 2 aromatic rings. The van der Waals surface area contributed by atoms with E-state index in [1.165, 1.54) is 17.0 Å². The second-order valence-corrected chi connectivity index (χ2v) is 9.37. The third-order valence-corrected chi connectivity index (χ3v) is 7.03. The molecule has 35 heavy (non-hydrogen) atoms. The minimum absolute atomic E-state index is 0.0242. The van der Waals surface area contributed by atoms with Crippen molar-refractivity contribution >= 4 is 29.2 Å². The lowest BCUT2D eigenvalue weighted by Gasteiger charge is -2.44. The molecule has 3 aliphatic rings. The Labute approximate surface area is 200 Å². The molecule has 0 unspecified atom stereocenters. The number of hydrogen-bond donors (Lipinski definition) is 0. The summed E-state index contributed by atoms with van der Waals surface area (Å²) in [5, 5.41) is 11.3. The molecule has 3 heterocycles. The fraction of sp³-hybridized carbons (Fsp3) is 0.360. The molecule has 0 saturated carbocycles. The fourth-order valence-corrected chi connectivity index (χ4v) is 5.31. The van der Waals surface area contributed by atoms with Gasteiger partial charge >= 0.3 is 0 Å². The van der Waals surface area contributed by atoms with Gasteiger partial charge in [0.05, 0.1) is 22.5 Å². The van der Waals surface area contributed by atoms with Gasteiger partial charge in [-0.2, -0.15) is 0 Å². The summed E-state index contributed by atoms with van der Waals surface area (Å²) in [5.74, 6) is -1.41. The smallest absolute Gasteiger partial charge is 0.282 e. The second kappa shape index (κ2) is 8.00. The van der Waals surface area contributed by atoms with Crippen molar-refractivity contribution in [1.29, 1.82) is 0 Å². The lowest BCUT2D eigenvalue weighted by atomic mass is 9.81. The van der Waals surface area contributed by atoms with E-state index in [1.807, 2.05) is 26.0 Å². The normalized spacial score (nSPS) is 18.4. The van der Waals surface area contributed by atoms with Crippen molar-refractivity contribution in [2.24, 2.45) is 0 Å². The molecule has 1 fully saturated rings. The molecular weight excluding hydrogens is 454 g/mol. The Hall–Kier alpha value is -4.08. The van der Waals surface area contributed by atoms with Crippen molar-refractivity contribution in [2.75, 3.05) is 19.6 Å². The molecule has 0 aliphatic carbocycles. The van der Waals surface area contributed by atoms with Gasteiger partial charge in [0, 0.05) is 32.0 Å². The number of likely N-dealkylation sites (tertiary alicyclic amines) is 1. The lowest BCUT2D eigenvalue weighted by Crippen LogP contribution is -2.54. The first-order valence-electron chi connectivity index (χ1n) is 11.3. The SMILES string of the molecule is Cc1cc(C)c2c(c1)OC1(CCN(C(=O)CN3C(=O)c4cccc([N+](=O)[O-])c4C3=O)CC1)CC2=O. The van der Waals surface area contributed by atoms with Gasteiger partial charge in [0.15, 0.2) is 5.78 Å². The zero-order valence-electron chi connectivity index (χ0n) is 19.3. The van der Waals surface area contributed by atoms with Crippen molar-refractivity contribution in [1.82, 2.24) is 9.80 Å². The van der Waals surface area contributed by atoms with Gasteiger partial charge in [-0.15, -0.1) is 0 Å². The van der Waals surface area contributed by atoms with Crippen LogP contribution in [0.4, 0.5) is 5.69 Å². The molecule has 1 spiro atoms. The van der Waals surface area contributed by atoms with Gasteiger partial charge in [-0.25, -0.2) is 0 Å². The molecule has 5 rings (SSSR count). The molecule has 180 valence electrons. The number of benzene rings is 2. The predicted octanol–water partition coefficient (Wildman–Crippen LogP) is 2.83. The first kappa shape index (κ1) is 22.7. The second-order valence-electron chi connectivity index (χ2n) is 9.37. The zero-order chi connectivity index (χ0) is 25.1. The average molecular weight is 477 g/mol. The van der Waals surface area contributed by atoms with Crippen LogP contribution in [-0.2, 0) is 4.79 Å². The molecule has 1 saturated heterocycles. The number of nitrogens with zero attached hydrogens (tertiary/aromatic N) is 3. The van der Waals surface area contributed by atoms with Crippen molar-refractivity contribution in [3.63, 3.8) is 0 Å². The number of piperidine rings is 1. The van der Waals surface area contributed by atoms with E-state index in [0.717, 1.165) is 22.1 Å². The largest absolute Gasteiger partial charge is 0.486 e. The van der Waals surface area contributed by atoms with Gasteiger partial charge in [-0.05, 0) is 37.1 Å². The number of ketones is 1. The summed E-state index contributed by atoms with van der Waals surface area (Å²) in [4.78, 5) is 64.2. The van der Waals surface area contributed by atoms with Crippen molar-refractivity contribution in [2.45, 2.75) is 38.7 Å². The van der Waals surface area contributed by atoms with Crippen LogP contribution in [0.5, 0.6) is 5.75 Å². The predicted molar refractivity (Wildman–Crippen MR) is 122 cm³/mol. The van der Waals surface area contributed by atoms with Crippen LogP contribution in [0.2, 0.25) is 0 Å². The molecule has 0 radical (unpaired) electrons. The molecule has 0 aromatic heterocycles. The van der Waals surface area contributed by atoms with Crippen LogP contribution in [0.1, 0.15) is 61.5 Å². The maximum atomic E-state index is 13.0. The van der Waals surface area contributed by atoms with Crippen molar-refractivity contribution < 1.29 is 28.8 Å². The summed E-state index contributed by atoms with van der Waals surface area (Å²) in [6.45, 7) is 3.93. The van der Waals surface area contributed by atoms with E-state index in [2.05, 4.69) is 0 Å². The van der Waals surface area contributed by atoms with Crippen LogP contribution in [0.25, 0.3) is 0 Å². The van der Waals surface area contributed by atoms with Gasteiger partial charge in [0.2, 0.25) is 5.91 Å². The van der Waals surface area contributed by atoms with E-state index in [1.54, 1.807) is 0 Å². The summed E-state index contributed by atoms with van der Waals surface area (Å²) in [6.07, 6.45) is 1.10. The van der Waals surface area contributed by atoms with E-state index in [4.69, 9.17) is 4.74 Å². The van der Waals surface area contributed by atoms with E-state index in [-0.39, 0.29) is 23.3 Å². The third-order valence-electron chi connectivity index (χ3n) is 7.03. The number of amides is 3. The number of aryl methyl sites for hydroxylation is 2. The molecule has 3 amide bonds. The number of Topliss-reactive ketones (excluding diaryl/α,β-unsaturated/α-hetero) is 1. The number of hydrogen-bond acceptors (Lipinski definition) is 7. The fourth-order valence-electron chi connectivity index (χ4n) is 5.31. The molecule has 0 bridgehead atoms. The van der Waals surface area contributed by atoms with Crippen molar-refractivity contribution in [3.8, 4) is 5.75 Å². The number of carbonyl (C=O) groups is 4. The molecule has 0 atom stereocenters. The van der Waals surface area contributed by atoms with Gasteiger partial charge in [0.1, 0.15) is 23.5 Å². The van der Waals surface area contributed by atoms with Gasteiger partial charge < -0.3 is 9.64 Å². The Morgan fingerprint density at radius 3 is 2.49 bits per heavy atom. The van der Waals surface area contributed by atoms with Gasteiger partial charge in [-0.3, -0.25) is 34.2 Å². The van der Waals surface area contributed by atoms with Crippen LogP contribution in [0.3, 0.4) is 0 Å². The minimum Gasteiger partial charge on any atom is -0.486 e. The van der Waals surface area contributed by atoms with E-state index in [9.17, 15) is 29.3 Å². The quantitative estimate of drug-likeness (QED) is 0.378. The maximum absolute atomic E-state index is 13.0. The Morgan fingerprint density at radius 1 is 1.09 bits per heavy atom. The first-order chi connectivity index (χ1) is 16.6. The van der Waals surface area contributed by atoms with Gasteiger partial charge in [0.25, 0.3) is 17.5 Å². The average Bonchev–Trinajstić information content (AvgIpc) is 3.03. The number of rotatable bonds is 3.